The normalized spacial score (nSPS) is 10.4. The number of carboxylic acid groups (broad SMARTS) is 1. The van der Waals surface area contributed by atoms with E-state index in [0.717, 1.165) is 0 Å². The third kappa shape index (κ3) is 1.70. The van der Waals surface area contributed by atoms with E-state index in [-0.39, 0.29) is 5.69 Å². The summed E-state index contributed by atoms with van der Waals surface area (Å²) < 4.78 is 1.78. The Hall–Kier alpha value is -1.36. The average Bonchev–Trinajstić information content (AvgIpc) is 2.33. The van der Waals surface area contributed by atoms with Gasteiger partial charge in [-0.1, -0.05) is 0 Å². The number of carbonyl (C=O) groups is 1. The van der Waals surface area contributed by atoms with E-state index >= 15 is 0 Å². The summed E-state index contributed by atoms with van der Waals surface area (Å²) >= 11 is 0. The standard InChI is InChI=1S/C8H13N3O2/c1-5-10-7(8(12)13)6(4-9-2)11(5)3/h9H,4H2,1-3H3,(H,12,13). The molecule has 1 aromatic heterocycles. The Morgan fingerprint density at radius 2 is 2.31 bits per heavy atom. The third-order valence-electron chi connectivity index (χ3n) is 1.98. The lowest BCUT2D eigenvalue weighted by Gasteiger charge is -2.02. The van der Waals surface area contributed by atoms with E-state index in [0.29, 0.717) is 18.1 Å². The number of aromatic carboxylic acids is 1. The first kappa shape index (κ1) is 9.73. The van der Waals surface area contributed by atoms with Crippen LogP contribution in [0, 0.1) is 6.92 Å². The molecule has 0 spiro atoms. The van der Waals surface area contributed by atoms with Crippen LogP contribution in [0.4, 0.5) is 0 Å². The number of nitrogens with one attached hydrogen (secondary N) is 1. The van der Waals surface area contributed by atoms with Crippen LogP contribution in [0.5, 0.6) is 0 Å². The topological polar surface area (TPSA) is 67.2 Å². The predicted molar refractivity (Wildman–Crippen MR) is 47.7 cm³/mol. The molecule has 0 fully saturated rings. The van der Waals surface area contributed by atoms with Crippen LogP contribution < -0.4 is 5.32 Å². The first-order chi connectivity index (χ1) is 6.07. The number of hydrogen-bond donors (Lipinski definition) is 2. The highest BCUT2D eigenvalue weighted by atomic mass is 16.4. The fourth-order valence-electron chi connectivity index (χ4n) is 1.20. The molecule has 0 atom stereocenters. The van der Waals surface area contributed by atoms with E-state index in [1.165, 1.54) is 0 Å². The van der Waals surface area contributed by atoms with Crippen molar-refractivity contribution in [1.82, 2.24) is 14.9 Å². The number of rotatable bonds is 3. The third-order valence-corrected chi connectivity index (χ3v) is 1.98. The molecule has 0 unspecified atom stereocenters. The molecule has 5 heteroatoms. The Balaban J connectivity index is 3.18. The molecule has 0 radical (unpaired) electrons. The fraction of sp³-hybridized carbons (Fsp3) is 0.500. The first-order valence-electron chi connectivity index (χ1n) is 3.98. The second-order valence-electron chi connectivity index (χ2n) is 2.85. The minimum atomic E-state index is -0.978. The highest BCUT2D eigenvalue weighted by Crippen LogP contribution is 2.09. The van der Waals surface area contributed by atoms with Gasteiger partial charge in [-0.05, 0) is 14.0 Å². The Morgan fingerprint density at radius 3 is 2.77 bits per heavy atom. The summed E-state index contributed by atoms with van der Waals surface area (Å²) in [6.07, 6.45) is 0. The smallest absolute Gasteiger partial charge is 0.356 e. The summed E-state index contributed by atoms with van der Waals surface area (Å²) in [6.45, 7) is 2.30. The van der Waals surface area contributed by atoms with Gasteiger partial charge in [0.15, 0.2) is 5.69 Å². The molecule has 5 nitrogen and oxygen atoms in total. The largest absolute Gasteiger partial charge is 0.476 e. The number of imidazole rings is 1. The molecule has 1 aromatic rings. The van der Waals surface area contributed by atoms with Crippen molar-refractivity contribution < 1.29 is 9.90 Å². The van der Waals surface area contributed by atoms with E-state index in [9.17, 15) is 4.79 Å². The monoisotopic (exact) mass is 183 g/mol. The number of hydrogen-bond acceptors (Lipinski definition) is 3. The maximum Gasteiger partial charge on any atom is 0.356 e. The van der Waals surface area contributed by atoms with E-state index in [1.807, 2.05) is 0 Å². The van der Waals surface area contributed by atoms with Crippen molar-refractivity contribution in [2.45, 2.75) is 13.5 Å². The Bertz CT molecular complexity index is 330. The zero-order chi connectivity index (χ0) is 10.0. The van der Waals surface area contributed by atoms with Gasteiger partial charge in [-0.3, -0.25) is 0 Å². The Kier molecular flexibility index (Phi) is 2.67. The summed E-state index contributed by atoms with van der Waals surface area (Å²) in [4.78, 5) is 14.7. The van der Waals surface area contributed by atoms with Crippen molar-refractivity contribution in [3.05, 3.63) is 17.2 Å². The molecule has 0 aliphatic carbocycles. The quantitative estimate of drug-likeness (QED) is 0.699. The summed E-state index contributed by atoms with van der Waals surface area (Å²) in [6, 6.07) is 0. The summed E-state index contributed by atoms with van der Waals surface area (Å²) in [5.74, 6) is -0.267. The number of carboxylic acids is 1. The van der Waals surface area contributed by atoms with Gasteiger partial charge in [0.05, 0.1) is 5.69 Å². The SMILES string of the molecule is CNCc1c(C(=O)O)nc(C)n1C. The Morgan fingerprint density at radius 1 is 1.69 bits per heavy atom. The zero-order valence-electron chi connectivity index (χ0n) is 7.96. The van der Waals surface area contributed by atoms with Gasteiger partial charge in [-0.2, -0.15) is 0 Å². The number of aromatic nitrogens is 2. The van der Waals surface area contributed by atoms with Crippen molar-refractivity contribution in [3.63, 3.8) is 0 Å². The fourth-order valence-corrected chi connectivity index (χ4v) is 1.20. The van der Waals surface area contributed by atoms with Crippen molar-refractivity contribution in [2.75, 3.05) is 7.05 Å². The van der Waals surface area contributed by atoms with Crippen LogP contribution in [0.3, 0.4) is 0 Å². The van der Waals surface area contributed by atoms with Crippen LogP contribution in [0.1, 0.15) is 22.0 Å². The molecule has 13 heavy (non-hydrogen) atoms. The van der Waals surface area contributed by atoms with Crippen molar-refractivity contribution in [2.24, 2.45) is 7.05 Å². The van der Waals surface area contributed by atoms with Crippen LogP contribution in [0.25, 0.3) is 0 Å². The van der Waals surface area contributed by atoms with E-state index < -0.39 is 5.97 Å². The molecule has 0 saturated heterocycles. The lowest BCUT2D eigenvalue weighted by atomic mass is 10.3. The first-order valence-corrected chi connectivity index (χ1v) is 3.98. The molecule has 1 rings (SSSR count). The number of aryl methyl sites for hydroxylation is 1. The van der Waals surface area contributed by atoms with E-state index in [1.54, 1.807) is 25.6 Å². The van der Waals surface area contributed by atoms with Gasteiger partial charge >= 0.3 is 5.97 Å². The zero-order valence-corrected chi connectivity index (χ0v) is 7.96. The maximum atomic E-state index is 10.8. The highest BCUT2D eigenvalue weighted by Gasteiger charge is 2.16. The molecular weight excluding hydrogens is 170 g/mol. The predicted octanol–water partition coefficient (Wildman–Crippen LogP) is 0.146. The summed E-state index contributed by atoms with van der Waals surface area (Å²) in [7, 11) is 3.58. The van der Waals surface area contributed by atoms with Crippen LogP contribution in [0.15, 0.2) is 0 Å². The van der Waals surface area contributed by atoms with Crippen molar-refractivity contribution in [3.8, 4) is 0 Å². The summed E-state index contributed by atoms with van der Waals surface area (Å²) in [5.41, 5.74) is 0.835. The van der Waals surface area contributed by atoms with Crippen molar-refractivity contribution >= 4 is 5.97 Å². The molecular formula is C8H13N3O2. The lowest BCUT2D eigenvalue weighted by molar-refractivity contribution is 0.0689. The van der Waals surface area contributed by atoms with E-state index in [2.05, 4.69) is 10.3 Å². The Labute approximate surface area is 76.4 Å². The molecule has 0 bridgehead atoms. The van der Waals surface area contributed by atoms with Gasteiger partial charge in [0.2, 0.25) is 0 Å². The lowest BCUT2D eigenvalue weighted by Crippen LogP contribution is -2.13. The van der Waals surface area contributed by atoms with Gasteiger partial charge < -0.3 is 15.0 Å². The molecule has 0 aromatic carbocycles. The van der Waals surface area contributed by atoms with Crippen LogP contribution in [0.2, 0.25) is 0 Å². The van der Waals surface area contributed by atoms with Gasteiger partial charge in [0.1, 0.15) is 5.82 Å². The molecule has 0 saturated carbocycles. The average molecular weight is 183 g/mol. The number of nitrogens with zero attached hydrogens (tertiary/aromatic N) is 2. The van der Waals surface area contributed by atoms with Gasteiger partial charge in [0.25, 0.3) is 0 Å². The van der Waals surface area contributed by atoms with Crippen molar-refractivity contribution in [1.29, 1.82) is 0 Å². The summed E-state index contributed by atoms with van der Waals surface area (Å²) in [5, 5.41) is 11.7. The van der Waals surface area contributed by atoms with Gasteiger partial charge in [-0.25, -0.2) is 9.78 Å². The molecule has 0 aliphatic rings. The molecule has 2 N–H and O–H groups in total. The minimum absolute atomic E-state index is 0.134. The van der Waals surface area contributed by atoms with Crippen LogP contribution in [-0.4, -0.2) is 27.7 Å². The molecule has 0 aliphatic heterocycles. The molecule has 0 amide bonds. The second kappa shape index (κ2) is 3.57. The van der Waals surface area contributed by atoms with Gasteiger partial charge in [0, 0.05) is 13.6 Å². The highest BCUT2D eigenvalue weighted by molar-refractivity contribution is 5.86. The second-order valence-corrected chi connectivity index (χ2v) is 2.85. The van der Waals surface area contributed by atoms with E-state index in [4.69, 9.17) is 5.11 Å². The molecule has 1 heterocycles. The van der Waals surface area contributed by atoms with Crippen LogP contribution in [-0.2, 0) is 13.6 Å². The van der Waals surface area contributed by atoms with Crippen LogP contribution >= 0.6 is 0 Å². The maximum absolute atomic E-state index is 10.8. The molecule has 72 valence electrons. The minimum Gasteiger partial charge on any atom is -0.476 e. The van der Waals surface area contributed by atoms with Gasteiger partial charge in [-0.15, -0.1) is 0 Å².